The van der Waals surface area contributed by atoms with Crippen LogP contribution in [0.5, 0.6) is 0 Å². The molecule has 0 heteroatoms. The first-order valence-corrected chi connectivity index (χ1v) is 9.99. The van der Waals surface area contributed by atoms with Crippen molar-refractivity contribution >= 4 is 10.8 Å². The molecule has 130 valence electrons. The highest BCUT2D eigenvalue weighted by Crippen LogP contribution is 2.20. The minimum Gasteiger partial charge on any atom is -0.0917 e. The third kappa shape index (κ3) is 6.91. The Hall–Kier alpha value is -1.56. The zero-order valence-electron chi connectivity index (χ0n) is 15.5. The third-order valence-electron chi connectivity index (χ3n) is 4.93. The molecule has 0 atom stereocenters. The Kier molecular flexibility index (Phi) is 9.31. The Bertz CT molecular complexity index is 589. The molecule has 0 aliphatic rings. The van der Waals surface area contributed by atoms with Crippen LogP contribution in [0.1, 0.15) is 76.7 Å². The number of aryl methyl sites for hydroxylation is 1. The molecule has 0 aromatic heterocycles. The van der Waals surface area contributed by atoms with E-state index in [0.29, 0.717) is 0 Å². The Morgan fingerprint density at radius 3 is 2.04 bits per heavy atom. The molecule has 0 aliphatic carbocycles. The number of rotatable bonds is 12. The largest absolute Gasteiger partial charge is 0.0917 e. The summed E-state index contributed by atoms with van der Waals surface area (Å²) in [5.74, 6) is 0. The van der Waals surface area contributed by atoms with Gasteiger partial charge in [0, 0.05) is 0 Å². The van der Waals surface area contributed by atoms with Crippen molar-refractivity contribution in [2.24, 2.45) is 0 Å². The molecule has 24 heavy (non-hydrogen) atoms. The molecule has 0 nitrogen and oxygen atoms in total. The minimum absolute atomic E-state index is 1.23. The van der Waals surface area contributed by atoms with Gasteiger partial charge in [-0.05, 0) is 48.9 Å². The van der Waals surface area contributed by atoms with E-state index >= 15 is 0 Å². The molecular formula is C24H34. The van der Waals surface area contributed by atoms with Gasteiger partial charge in [0.2, 0.25) is 0 Å². The van der Waals surface area contributed by atoms with Crippen LogP contribution in [0.15, 0.2) is 54.6 Å². The van der Waals surface area contributed by atoms with Gasteiger partial charge < -0.3 is 0 Å². The number of allylic oxidation sites excluding steroid dienone is 2. The van der Waals surface area contributed by atoms with Crippen molar-refractivity contribution in [3.05, 3.63) is 60.2 Å². The Balaban J connectivity index is 1.51. The van der Waals surface area contributed by atoms with E-state index in [4.69, 9.17) is 0 Å². The van der Waals surface area contributed by atoms with Gasteiger partial charge in [0.05, 0.1) is 0 Å². The lowest BCUT2D eigenvalue weighted by molar-refractivity contribution is 0.560. The monoisotopic (exact) mass is 322 g/mol. The van der Waals surface area contributed by atoms with Gasteiger partial charge in [-0.2, -0.15) is 0 Å². The molecule has 0 spiro atoms. The number of hydrogen-bond acceptors (Lipinski definition) is 0. The molecule has 2 aromatic carbocycles. The highest BCUT2D eigenvalue weighted by atomic mass is 14.0. The van der Waals surface area contributed by atoms with Gasteiger partial charge in [-0.1, -0.05) is 99.6 Å². The molecule has 0 saturated carbocycles. The van der Waals surface area contributed by atoms with E-state index < -0.39 is 0 Å². The van der Waals surface area contributed by atoms with Gasteiger partial charge in [0.1, 0.15) is 0 Å². The summed E-state index contributed by atoms with van der Waals surface area (Å²) >= 11 is 0. The minimum atomic E-state index is 1.23. The lowest BCUT2D eigenvalue weighted by atomic mass is 9.99. The summed E-state index contributed by atoms with van der Waals surface area (Å²) in [7, 11) is 0. The van der Waals surface area contributed by atoms with Crippen LogP contribution in [0, 0.1) is 0 Å². The molecule has 0 unspecified atom stereocenters. The summed E-state index contributed by atoms with van der Waals surface area (Å²) in [5.41, 5.74) is 1.52. The Labute approximate surface area is 149 Å². The van der Waals surface area contributed by atoms with Crippen LogP contribution in [0.3, 0.4) is 0 Å². The van der Waals surface area contributed by atoms with Crippen LogP contribution in [0.4, 0.5) is 0 Å². The molecule has 0 N–H and O–H groups in total. The van der Waals surface area contributed by atoms with E-state index in [1.807, 2.05) is 0 Å². The predicted molar refractivity (Wildman–Crippen MR) is 109 cm³/mol. The lowest BCUT2D eigenvalue weighted by Gasteiger charge is -2.06. The molecule has 2 aromatic rings. The van der Waals surface area contributed by atoms with Gasteiger partial charge in [-0.25, -0.2) is 0 Å². The molecule has 0 bridgehead atoms. The number of unbranched alkanes of at least 4 members (excludes halogenated alkanes) is 9. The third-order valence-corrected chi connectivity index (χ3v) is 4.93. The second kappa shape index (κ2) is 11.9. The fourth-order valence-corrected chi connectivity index (χ4v) is 3.49. The van der Waals surface area contributed by atoms with Gasteiger partial charge in [-0.15, -0.1) is 0 Å². The van der Waals surface area contributed by atoms with Gasteiger partial charge in [0.15, 0.2) is 0 Å². The number of hydrogen-bond donors (Lipinski definition) is 0. The van der Waals surface area contributed by atoms with Crippen molar-refractivity contribution in [2.75, 3.05) is 0 Å². The zero-order chi connectivity index (χ0) is 16.9. The first-order chi connectivity index (χ1) is 11.9. The van der Waals surface area contributed by atoms with Crippen molar-refractivity contribution in [3.63, 3.8) is 0 Å². The van der Waals surface area contributed by atoms with E-state index in [-0.39, 0.29) is 0 Å². The topological polar surface area (TPSA) is 0 Å². The molecule has 0 radical (unpaired) electrons. The van der Waals surface area contributed by atoms with E-state index in [1.54, 1.807) is 0 Å². The number of fused-ring (bicyclic) bond motifs is 1. The fourth-order valence-electron chi connectivity index (χ4n) is 3.49. The highest BCUT2D eigenvalue weighted by Gasteiger charge is 2.00. The van der Waals surface area contributed by atoms with Crippen LogP contribution in [0.2, 0.25) is 0 Å². The van der Waals surface area contributed by atoms with Crippen molar-refractivity contribution in [1.82, 2.24) is 0 Å². The van der Waals surface area contributed by atoms with E-state index in [0.717, 1.165) is 0 Å². The maximum absolute atomic E-state index is 2.30. The second-order valence-corrected chi connectivity index (χ2v) is 6.93. The fraction of sp³-hybridized carbons (Fsp3) is 0.500. The standard InChI is InChI=1S/C24H34/c1-2-3-4-5-6-7-8-9-10-11-12-13-17-22-19-16-20-23-18-14-15-21-24(22)23/h2-3,14-16,18-21H,4-13,17H2,1H3/b3-2+. The van der Waals surface area contributed by atoms with E-state index in [9.17, 15) is 0 Å². The molecule has 0 fully saturated rings. The normalized spacial score (nSPS) is 11.5. The summed E-state index contributed by atoms with van der Waals surface area (Å²) in [5, 5.41) is 2.82. The molecule has 0 saturated heterocycles. The van der Waals surface area contributed by atoms with Crippen molar-refractivity contribution in [3.8, 4) is 0 Å². The maximum atomic E-state index is 2.30. The van der Waals surface area contributed by atoms with Crippen LogP contribution in [0.25, 0.3) is 10.8 Å². The van der Waals surface area contributed by atoms with E-state index in [1.165, 1.54) is 87.0 Å². The van der Waals surface area contributed by atoms with Crippen LogP contribution in [-0.2, 0) is 6.42 Å². The van der Waals surface area contributed by atoms with Gasteiger partial charge in [-0.3, -0.25) is 0 Å². The van der Waals surface area contributed by atoms with Gasteiger partial charge >= 0.3 is 0 Å². The Morgan fingerprint density at radius 2 is 1.29 bits per heavy atom. The average Bonchev–Trinajstić information content (AvgIpc) is 2.63. The van der Waals surface area contributed by atoms with Crippen molar-refractivity contribution in [1.29, 1.82) is 0 Å². The summed E-state index contributed by atoms with van der Waals surface area (Å²) in [6.07, 6.45) is 19.5. The highest BCUT2D eigenvalue weighted by molar-refractivity contribution is 5.85. The van der Waals surface area contributed by atoms with Gasteiger partial charge in [0.25, 0.3) is 0 Å². The van der Waals surface area contributed by atoms with Crippen LogP contribution < -0.4 is 0 Å². The maximum Gasteiger partial charge on any atom is -0.0152 e. The Morgan fingerprint density at radius 1 is 0.667 bits per heavy atom. The first-order valence-electron chi connectivity index (χ1n) is 9.99. The predicted octanol–water partition coefficient (Wildman–Crippen LogP) is 7.86. The quantitative estimate of drug-likeness (QED) is 0.275. The SMILES string of the molecule is C/C=C/CCCCCCCCCCCc1cccc2ccccc12. The molecule has 0 amide bonds. The molecular weight excluding hydrogens is 288 g/mol. The van der Waals surface area contributed by atoms with Crippen molar-refractivity contribution < 1.29 is 0 Å². The molecule has 0 aliphatic heterocycles. The summed E-state index contributed by atoms with van der Waals surface area (Å²) < 4.78 is 0. The smallest absolute Gasteiger partial charge is 0.0152 e. The summed E-state index contributed by atoms with van der Waals surface area (Å²) in [4.78, 5) is 0. The summed E-state index contributed by atoms with van der Waals surface area (Å²) in [6, 6.07) is 15.5. The van der Waals surface area contributed by atoms with Crippen molar-refractivity contribution in [2.45, 2.75) is 77.6 Å². The van der Waals surface area contributed by atoms with Crippen LogP contribution >= 0.6 is 0 Å². The summed E-state index contributed by atoms with van der Waals surface area (Å²) in [6.45, 7) is 2.11. The zero-order valence-corrected chi connectivity index (χ0v) is 15.5. The first kappa shape index (κ1) is 18.8. The average molecular weight is 323 g/mol. The van der Waals surface area contributed by atoms with E-state index in [2.05, 4.69) is 61.5 Å². The molecule has 0 heterocycles. The van der Waals surface area contributed by atoms with Crippen LogP contribution in [-0.4, -0.2) is 0 Å². The lowest BCUT2D eigenvalue weighted by Crippen LogP contribution is -1.88. The molecule has 2 rings (SSSR count). The second-order valence-electron chi connectivity index (χ2n) is 6.93. The number of benzene rings is 2.